The topological polar surface area (TPSA) is 80.3 Å². The molecule has 8 heteroatoms. The Balaban J connectivity index is 2.03. The molecule has 0 aliphatic heterocycles. The van der Waals surface area contributed by atoms with Crippen LogP contribution < -0.4 is 16.0 Å². The second-order valence-corrected chi connectivity index (χ2v) is 6.22. The average molecular weight is 392 g/mol. The third kappa shape index (κ3) is 3.93. The normalized spacial score (nSPS) is 10.4. The lowest BCUT2D eigenvalue weighted by atomic mass is 10.2. The molecule has 0 saturated carbocycles. The first-order valence-corrected chi connectivity index (χ1v) is 8.81. The second-order valence-electron chi connectivity index (χ2n) is 6.22. The maximum absolute atomic E-state index is 12.7. The largest absolute Gasteiger partial charge is 0.491 e. The number of aryl methyl sites for hydroxylation is 2. The molecule has 29 heavy (non-hydrogen) atoms. The van der Waals surface area contributed by atoms with E-state index in [0.29, 0.717) is 24.8 Å². The summed E-state index contributed by atoms with van der Waals surface area (Å²) in [4.78, 5) is 29.4. The number of fused-ring (bicyclic) bond motifs is 1. The first-order chi connectivity index (χ1) is 14.0. The number of hydrogen-bond donors (Lipinski definition) is 0. The van der Waals surface area contributed by atoms with Crippen molar-refractivity contribution in [2.75, 3.05) is 20.3 Å². The molecule has 2 heterocycles. The van der Waals surface area contributed by atoms with E-state index in [1.807, 2.05) is 18.2 Å². The Labute approximate surface area is 167 Å². The number of aromatic nitrogens is 4. The van der Waals surface area contributed by atoms with Gasteiger partial charge in [-0.15, -0.1) is 6.42 Å². The van der Waals surface area contributed by atoms with Crippen LogP contribution in [0.1, 0.15) is 11.4 Å². The Hall–Kier alpha value is -3.75. The highest BCUT2D eigenvalue weighted by molar-refractivity contribution is 5.72. The molecule has 148 valence electrons. The van der Waals surface area contributed by atoms with Gasteiger partial charge in [-0.1, -0.05) is 17.9 Å². The zero-order valence-electron chi connectivity index (χ0n) is 16.4. The van der Waals surface area contributed by atoms with Crippen molar-refractivity contribution >= 4 is 11.2 Å². The Morgan fingerprint density at radius 1 is 1.14 bits per heavy atom. The van der Waals surface area contributed by atoms with Crippen LogP contribution in [-0.4, -0.2) is 39.0 Å². The predicted molar refractivity (Wildman–Crippen MR) is 109 cm³/mol. The Morgan fingerprint density at radius 3 is 2.66 bits per heavy atom. The van der Waals surface area contributed by atoms with Crippen LogP contribution in [0.5, 0.6) is 5.75 Å². The highest BCUT2D eigenvalue weighted by atomic mass is 16.5. The van der Waals surface area contributed by atoms with Crippen molar-refractivity contribution in [3.8, 4) is 29.9 Å². The van der Waals surface area contributed by atoms with Crippen LogP contribution in [0.3, 0.4) is 0 Å². The maximum Gasteiger partial charge on any atom is 0.333 e. The van der Waals surface area contributed by atoms with Gasteiger partial charge in [0.05, 0.1) is 13.2 Å². The SMILES string of the molecule is C#CCn1c(=O)c2c(nc(C#Cc3cccc(OCCOC)c3)n2C)n(C)c1=O. The standard InChI is InChI=1S/C21H20N4O4/c1-5-11-25-20(26)18-19(24(3)21(25)27)22-17(23(18)2)10-9-15-7-6-8-16(14-15)29-13-12-28-4/h1,6-8,14H,11-13H2,2-4H3. The summed E-state index contributed by atoms with van der Waals surface area (Å²) in [5.74, 6) is 9.33. The van der Waals surface area contributed by atoms with E-state index in [-0.39, 0.29) is 17.7 Å². The number of methoxy groups -OCH3 is 1. The van der Waals surface area contributed by atoms with Crippen LogP contribution in [0, 0.1) is 24.2 Å². The van der Waals surface area contributed by atoms with Crippen molar-refractivity contribution in [2.24, 2.45) is 14.1 Å². The van der Waals surface area contributed by atoms with Crippen LogP contribution in [0.4, 0.5) is 0 Å². The Bertz CT molecular complexity index is 1280. The highest BCUT2D eigenvalue weighted by Crippen LogP contribution is 2.13. The number of nitrogens with zero attached hydrogens (tertiary/aromatic N) is 4. The van der Waals surface area contributed by atoms with Crippen molar-refractivity contribution in [3.63, 3.8) is 0 Å². The zero-order chi connectivity index (χ0) is 21.0. The van der Waals surface area contributed by atoms with Gasteiger partial charge in [-0.3, -0.25) is 9.36 Å². The van der Waals surface area contributed by atoms with E-state index >= 15 is 0 Å². The molecule has 0 N–H and O–H groups in total. The Morgan fingerprint density at radius 2 is 1.93 bits per heavy atom. The van der Waals surface area contributed by atoms with E-state index in [9.17, 15) is 9.59 Å². The van der Waals surface area contributed by atoms with Gasteiger partial charge in [0.25, 0.3) is 5.56 Å². The molecule has 0 bridgehead atoms. The molecule has 2 aromatic heterocycles. The molecule has 3 aromatic rings. The summed E-state index contributed by atoms with van der Waals surface area (Å²) in [6, 6.07) is 7.32. The highest BCUT2D eigenvalue weighted by Gasteiger charge is 2.17. The summed E-state index contributed by atoms with van der Waals surface area (Å²) in [7, 11) is 4.83. The molecule has 1 aromatic carbocycles. The molecule has 0 amide bonds. The van der Waals surface area contributed by atoms with Crippen molar-refractivity contribution in [1.82, 2.24) is 18.7 Å². The van der Waals surface area contributed by atoms with Crippen LogP contribution >= 0.6 is 0 Å². The summed E-state index contributed by atoms with van der Waals surface area (Å²) in [5, 5.41) is 0. The summed E-state index contributed by atoms with van der Waals surface area (Å²) >= 11 is 0. The molecule has 0 radical (unpaired) electrons. The minimum Gasteiger partial charge on any atom is -0.491 e. The molecular formula is C21H20N4O4. The third-order valence-electron chi connectivity index (χ3n) is 4.32. The van der Waals surface area contributed by atoms with Gasteiger partial charge in [0, 0.05) is 26.8 Å². The molecule has 0 aliphatic carbocycles. The molecule has 0 fully saturated rings. The summed E-state index contributed by atoms with van der Waals surface area (Å²) in [5.41, 5.74) is 0.252. The second kappa shape index (κ2) is 8.51. The number of ether oxygens (including phenoxy) is 2. The summed E-state index contributed by atoms with van der Waals surface area (Å²) in [6.07, 6.45) is 5.28. The molecule has 0 saturated heterocycles. The lowest BCUT2D eigenvalue weighted by molar-refractivity contribution is 0.146. The van der Waals surface area contributed by atoms with Gasteiger partial charge in [0.2, 0.25) is 0 Å². The van der Waals surface area contributed by atoms with Crippen molar-refractivity contribution < 1.29 is 9.47 Å². The molecule has 0 aliphatic rings. The number of rotatable bonds is 5. The van der Waals surface area contributed by atoms with E-state index in [2.05, 4.69) is 22.7 Å². The quantitative estimate of drug-likeness (QED) is 0.466. The van der Waals surface area contributed by atoms with E-state index in [1.54, 1.807) is 31.8 Å². The molecule has 3 rings (SSSR count). The van der Waals surface area contributed by atoms with Crippen LogP contribution in [-0.2, 0) is 25.4 Å². The number of terminal acetylenes is 1. The van der Waals surface area contributed by atoms with Crippen LogP contribution in [0.2, 0.25) is 0 Å². The fourth-order valence-electron chi connectivity index (χ4n) is 2.82. The monoisotopic (exact) mass is 392 g/mol. The minimum absolute atomic E-state index is 0.108. The van der Waals surface area contributed by atoms with Crippen LogP contribution in [0.25, 0.3) is 11.2 Å². The fourth-order valence-corrected chi connectivity index (χ4v) is 2.82. The first kappa shape index (κ1) is 20.0. The van der Waals surface area contributed by atoms with Crippen LogP contribution in [0.15, 0.2) is 33.9 Å². The third-order valence-corrected chi connectivity index (χ3v) is 4.32. The predicted octanol–water partition coefficient (Wildman–Crippen LogP) is 0.492. The molecule has 0 unspecified atom stereocenters. The molecule has 8 nitrogen and oxygen atoms in total. The lowest BCUT2D eigenvalue weighted by Crippen LogP contribution is -2.39. The van der Waals surface area contributed by atoms with E-state index in [0.717, 1.165) is 10.1 Å². The number of hydrogen-bond acceptors (Lipinski definition) is 5. The first-order valence-electron chi connectivity index (χ1n) is 8.81. The maximum atomic E-state index is 12.7. The molecular weight excluding hydrogens is 372 g/mol. The van der Waals surface area contributed by atoms with E-state index in [4.69, 9.17) is 15.9 Å². The van der Waals surface area contributed by atoms with E-state index < -0.39 is 11.2 Å². The fraction of sp³-hybridized carbons (Fsp3) is 0.286. The average Bonchev–Trinajstić information content (AvgIpc) is 3.05. The van der Waals surface area contributed by atoms with Gasteiger partial charge in [0.15, 0.2) is 17.0 Å². The van der Waals surface area contributed by atoms with Gasteiger partial charge in [0.1, 0.15) is 12.4 Å². The van der Waals surface area contributed by atoms with Gasteiger partial charge in [-0.2, -0.15) is 0 Å². The van der Waals surface area contributed by atoms with Crippen molar-refractivity contribution in [3.05, 3.63) is 56.5 Å². The van der Waals surface area contributed by atoms with Gasteiger partial charge >= 0.3 is 5.69 Å². The number of benzene rings is 1. The molecule has 0 spiro atoms. The Kier molecular flexibility index (Phi) is 5.87. The lowest BCUT2D eigenvalue weighted by Gasteiger charge is -2.05. The smallest absolute Gasteiger partial charge is 0.333 e. The summed E-state index contributed by atoms with van der Waals surface area (Å²) < 4.78 is 14.4. The van der Waals surface area contributed by atoms with Gasteiger partial charge in [-0.25, -0.2) is 14.3 Å². The zero-order valence-corrected chi connectivity index (χ0v) is 16.4. The summed E-state index contributed by atoms with van der Waals surface area (Å²) in [6.45, 7) is 0.825. The van der Waals surface area contributed by atoms with Crippen molar-refractivity contribution in [1.29, 1.82) is 0 Å². The number of imidazole rings is 1. The van der Waals surface area contributed by atoms with E-state index in [1.165, 1.54) is 4.57 Å². The van der Waals surface area contributed by atoms with Crippen molar-refractivity contribution in [2.45, 2.75) is 6.54 Å². The minimum atomic E-state index is -0.515. The molecule has 0 atom stereocenters. The van der Waals surface area contributed by atoms with Gasteiger partial charge < -0.3 is 14.0 Å². The van der Waals surface area contributed by atoms with Gasteiger partial charge in [-0.05, 0) is 24.1 Å².